The Morgan fingerprint density at radius 3 is 2.68 bits per heavy atom. The van der Waals surface area contributed by atoms with E-state index in [1.807, 2.05) is 30.3 Å². The molecular weight excluding hydrogens is 338 g/mol. The van der Waals surface area contributed by atoms with Gasteiger partial charge in [0.25, 0.3) is 4.84 Å². The zero-order valence-corrected chi connectivity index (χ0v) is 15.0. The van der Waals surface area contributed by atoms with Gasteiger partial charge < -0.3 is 13.9 Å². The summed E-state index contributed by atoms with van der Waals surface area (Å²) >= 11 is 5.25. The van der Waals surface area contributed by atoms with Crippen molar-refractivity contribution in [2.75, 3.05) is 13.2 Å². The molecule has 5 nitrogen and oxygen atoms in total. The molecule has 2 heterocycles. The second-order valence-corrected chi connectivity index (χ2v) is 6.47. The fourth-order valence-corrected chi connectivity index (χ4v) is 3.35. The van der Waals surface area contributed by atoms with Crippen LogP contribution in [-0.2, 0) is 15.9 Å². The lowest BCUT2D eigenvalue weighted by molar-refractivity contribution is -0.169. The van der Waals surface area contributed by atoms with E-state index in [1.165, 1.54) is 10.8 Å². The van der Waals surface area contributed by atoms with Gasteiger partial charge in [0.2, 0.25) is 5.91 Å². The Morgan fingerprint density at radius 1 is 1.36 bits per heavy atom. The molecule has 0 amide bonds. The normalized spacial score (nSPS) is 17.3. The second-order valence-electron chi connectivity index (χ2n) is 6.12. The van der Waals surface area contributed by atoms with Crippen molar-refractivity contribution < 1.29 is 18.7 Å². The van der Waals surface area contributed by atoms with E-state index < -0.39 is 11.7 Å². The van der Waals surface area contributed by atoms with Crippen molar-refractivity contribution in [1.29, 1.82) is 0 Å². The van der Waals surface area contributed by atoms with Gasteiger partial charge in [0.1, 0.15) is 6.26 Å². The van der Waals surface area contributed by atoms with Gasteiger partial charge in [-0.3, -0.25) is 4.79 Å². The molecule has 25 heavy (non-hydrogen) atoms. The highest BCUT2D eigenvalue weighted by Crippen LogP contribution is 2.32. The first-order chi connectivity index (χ1) is 12.0. The van der Waals surface area contributed by atoms with Gasteiger partial charge in [0.15, 0.2) is 5.79 Å². The highest BCUT2D eigenvalue weighted by Gasteiger charge is 2.44. The van der Waals surface area contributed by atoms with Crippen molar-refractivity contribution in [2.45, 2.75) is 25.6 Å². The third-order valence-corrected chi connectivity index (χ3v) is 4.69. The van der Waals surface area contributed by atoms with Crippen LogP contribution >= 0.6 is 12.2 Å². The van der Waals surface area contributed by atoms with Gasteiger partial charge in [-0.25, -0.2) is 4.57 Å². The van der Waals surface area contributed by atoms with Crippen LogP contribution in [0.15, 0.2) is 53.7 Å². The lowest BCUT2D eigenvalue weighted by atomic mass is 9.94. The molecule has 0 saturated carbocycles. The summed E-state index contributed by atoms with van der Waals surface area (Å²) in [5.41, 5.74) is 1.77. The number of benzene rings is 1. The number of carbonyl (C=O) groups excluding carboxylic acids is 1. The number of oxazole rings is 1. The number of allylic oxidation sites excluding steroid dienone is 1. The molecule has 132 valence electrons. The molecule has 0 spiro atoms. The molecule has 1 aromatic carbocycles. The van der Waals surface area contributed by atoms with Crippen LogP contribution in [0.3, 0.4) is 0 Å². The van der Waals surface area contributed by atoms with Crippen LogP contribution < -0.4 is 0 Å². The SMILES string of the molecule is C=CC[C@@H](C(=O)n1c(Cc2ccccc2)coc1=S)C1(C)OCCO1. The van der Waals surface area contributed by atoms with Crippen LogP contribution in [0, 0.1) is 10.8 Å². The van der Waals surface area contributed by atoms with Gasteiger partial charge >= 0.3 is 0 Å². The summed E-state index contributed by atoms with van der Waals surface area (Å²) < 4.78 is 18.2. The molecular formula is C19H21NO4S. The summed E-state index contributed by atoms with van der Waals surface area (Å²) in [5, 5.41) is 0. The van der Waals surface area contributed by atoms with E-state index in [9.17, 15) is 4.79 Å². The Kier molecular flexibility index (Phi) is 5.32. The number of carbonyl (C=O) groups is 1. The van der Waals surface area contributed by atoms with E-state index in [2.05, 4.69) is 6.58 Å². The second kappa shape index (κ2) is 7.47. The largest absolute Gasteiger partial charge is 0.437 e. The molecule has 1 saturated heterocycles. The van der Waals surface area contributed by atoms with Crippen LogP contribution in [0.4, 0.5) is 0 Å². The summed E-state index contributed by atoms with van der Waals surface area (Å²) in [6, 6.07) is 9.86. The van der Waals surface area contributed by atoms with Gasteiger partial charge in [-0.2, -0.15) is 0 Å². The minimum Gasteiger partial charge on any atom is -0.437 e. The Labute approximate surface area is 151 Å². The van der Waals surface area contributed by atoms with Crippen molar-refractivity contribution in [3.8, 4) is 0 Å². The third kappa shape index (κ3) is 3.66. The van der Waals surface area contributed by atoms with E-state index in [0.717, 1.165) is 5.56 Å². The predicted octanol–water partition coefficient (Wildman–Crippen LogP) is 4.00. The van der Waals surface area contributed by atoms with E-state index in [4.69, 9.17) is 26.1 Å². The molecule has 3 rings (SSSR count). The van der Waals surface area contributed by atoms with Crippen LogP contribution in [0.1, 0.15) is 29.4 Å². The Hall–Kier alpha value is -2.02. The predicted molar refractivity (Wildman–Crippen MR) is 96.0 cm³/mol. The zero-order chi connectivity index (χ0) is 17.9. The van der Waals surface area contributed by atoms with Crippen molar-refractivity contribution in [2.24, 2.45) is 5.92 Å². The summed E-state index contributed by atoms with van der Waals surface area (Å²) in [6.07, 6.45) is 4.20. The van der Waals surface area contributed by atoms with Crippen LogP contribution in [0.5, 0.6) is 0 Å². The Bertz CT molecular complexity index is 802. The third-order valence-electron chi connectivity index (χ3n) is 4.41. The maximum atomic E-state index is 13.2. The molecule has 0 bridgehead atoms. The number of ether oxygens (including phenoxy) is 2. The quantitative estimate of drug-likeness (QED) is 0.576. The molecule has 6 heteroatoms. The first-order valence-electron chi connectivity index (χ1n) is 8.21. The number of rotatable bonds is 6. The van der Waals surface area contributed by atoms with Crippen LogP contribution in [0.25, 0.3) is 0 Å². The van der Waals surface area contributed by atoms with Crippen molar-refractivity contribution in [3.05, 3.63) is 65.3 Å². The molecule has 1 aromatic heterocycles. The smallest absolute Gasteiger partial charge is 0.275 e. The highest BCUT2D eigenvalue weighted by molar-refractivity contribution is 7.71. The standard InChI is InChI=1S/C19H21NO4S/c1-3-7-16(19(2)23-10-11-24-19)17(21)20-15(13-22-18(20)25)12-14-8-5-4-6-9-14/h3-6,8-9,13,16H,1,7,10-12H2,2H3/t16-/m0/s1. The fourth-order valence-electron chi connectivity index (χ4n) is 3.09. The summed E-state index contributed by atoms with van der Waals surface area (Å²) in [6.45, 7) is 6.47. The van der Waals surface area contributed by atoms with Crippen molar-refractivity contribution in [1.82, 2.24) is 4.57 Å². The monoisotopic (exact) mass is 359 g/mol. The van der Waals surface area contributed by atoms with Crippen LogP contribution in [-0.4, -0.2) is 29.5 Å². The van der Waals surface area contributed by atoms with Crippen LogP contribution in [0.2, 0.25) is 0 Å². The van der Waals surface area contributed by atoms with E-state index in [0.29, 0.717) is 31.7 Å². The highest BCUT2D eigenvalue weighted by atomic mass is 32.1. The summed E-state index contributed by atoms with van der Waals surface area (Å²) in [4.78, 5) is 13.4. The van der Waals surface area contributed by atoms with Gasteiger partial charge in [-0.15, -0.1) is 6.58 Å². The van der Waals surface area contributed by atoms with Crippen molar-refractivity contribution >= 4 is 18.1 Å². The van der Waals surface area contributed by atoms with Gasteiger partial charge in [-0.1, -0.05) is 36.4 Å². The molecule has 1 aliphatic heterocycles. The van der Waals surface area contributed by atoms with Crippen molar-refractivity contribution in [3.63, 3.8) is 0 Å². The lowest BCUT2D eigenvalue weighted by Gasteiger charge is -2.30. The zero-order valence-electron chi connectivity index (χ0n) is 14.1. The number of aromatic nitrogens is 1. The maximum absolute atomic E-state index is 13.2. The minimum absolute atomic E-state index is 0.131. The van der Waals surface area contributed by atoms with E-state index in [-0.39, 0.29) is 10.7 Å². The van der Waals surface area contributed by atoms with Gasteiger partial charge in [-0.05, 0) is 31.1 Å². The number of hydrogen-bond acceptors (Lipinski definition) is 5. The first-order valence-corrected chi connectivity index (χ1v) is 8.62. The average molecular weight is 359 g/mol. The minimum atomic E-state index is -0.985. The summed E-state index contributed by atoms with van der Waals surface area (Å²) in [5.74, 6) is -1.73. The molecule has 1 atom stereocenters. The van der Waals surface area contributed by atoms with E-state index >= 15 is 0 Å². The Morgan fingerprint density at radius 2 is 2.04 bits per heavy atom. The first kappa shape index (κ1) is 17.8. The maximum Gasteiger partial charge on any atom is 0.275 e. The fraction of sp³-hybridized carbons (Fsp3) is 0.368. The molecule has 1 aliphatic rings. The molecule has 2 aromatic rings. The average Bonchev–Trinajstić information content (AvgIpc) is 3.20. The number of hydrogen-bond donors (Lipinski definition) is 0. The van der Waals surface area contributed by atoms with Gasteiger partial charge in [0.05, 0.1) is 24.8 Å². The van der Waals surface area contributed by atoms with Gasteiger partial charge in [0, 0.05) is 6.42 Å². The molecule has 0 radical (unpaired) electrons. The molecule has 0 N–H and O–H groups in total. The molecule has 1 fully saturated rings. The molecule has 0 unspecified atom stereocenters. The topological polar surface area (TPSA) is 53.6 Å². The lowest BCUT2D eigenvalue weighted by Crippen LogP contribution is -2.43. The van der Waals surface area contributed by atoms with E-state index in [1.54, 1.807) is 13.0 Å². The Balaban J connectivity index is 1.94. The number of nitrogens with zero attached hydrogens (tertiary/aromatic N) is 1. The molecule has 0 aliphatic carbocycles. The summed E-state index contributed by atoms with van der Waals surface area (Å²) in [7, 11) is 0.